The first kappa shape index (κ1) is 12.7. The van der Waals surface area contributed by atoms with Gasteiger partial charge >= 0.3 is 5.97 Å². The number of carboxylic acids is 1. The van der Waals surface area contributed by atoms with Crippen LogP contribution in [-0.2, 0) is 4.79 Å². The van der Waals surface area contributed by atoms with Crippen molar-refractivity contribution in [3.63, 3.8) is 0 Å². The molecule has 3 heteroatoms. The standard InChI is InChI=1S/C15H18O3/c1-10-9-12(5-8-14(10)15(16)17)11-3-6-13(18-2)7-4-11/h3-7,10,14H,8-9H2,1-2H3,(H,16,17)/t10-,14+/m0/s1. The zero-order valence-corrected chi connectivity index (χ0v) is 10.7. The Balaban J connectivity index is 2.17. The highest BCUT2D eigenvalue weighted by atomic mass is 16.5. The number of aliphatic carboxylic acids is 1. The first-order valence-electron chi connectivity index (χ1n) is 6.18. The van der Waals surface area contributed by atoms with Crippen molar-refractivity contribution in [3.05, 3.63) is 35.9 Å². The lowest BCUT2D eigenvalue weighted by Crippen LogP contribution is -2.24. The first-order chi connectivity index (χ1) is 8.61. The van der Waals surface area contributed by atoms with E-state index >= 15 is 0 Å². The van der Waals surface area contributed by atoms with E-state index in [1.807, 2.05) is 31.2 Å². The van der Waals surface area contributed by atoms with E-state index in [9.17, 15) is 4.79 Å². The van der Waals surface area contributed by atoms with E-state index in [2.05, 4.69) is 6.08 Å². The predicted molar refractivity (Wildman–Crippen MR) is 70.5 cm³/mol. The highest BCUT2D eigenvalue weighted by Crippen LogP contribution is 2.35. The number of hydrogen-bond acceptors (Lipinski definition) is 2. The molecule has 0 amide bonds. The van der Waals surface area contributed by atoms with Crippen LogP contribution in [0.3, 0.4) is 0 Å². The van der Waals surface area contributed by atoms with Crippen LogP contribution in [0.4, 0.5) is 0 Å². The van der Waals surface area contributed by atoms with Gasteiger partial charge in [0, 0.05) is 0 Å². The smallest absolute Gasteiger partial charge is 0.307 e. The summed E-state index contributed by atoms with van der Waals surface area (Å²) in [7, 11) is 1.65. The quantitative estimate of drug-likeness (QED) is 0.890. The van der Waals surface area contributed by atoms with E-state index in [0.29, 0.717) is 6.42 Å². The number of carboxylic acid groups (broad SMARTS) is 1. The van der Waals surface area contributed by atoms with E-state index in [-0.39, 0.29) is 11.8 Å². The van der Waals surface area contributed by atoms with Gasteiger partial charge in [-0.05, 0) is 42.0 Å². The zero-order valence-electron chi connectivity index (χ0n) is 10.7. The molecule has 3 nitrogen and oxygen atoms in total. The Morgan fingerprint density at radius 3 is 2.50 bits per heavy atom. The van der Waals surface area contributed by atoms with Crippen LogP contribution in [0.2, 0.25) is 0 Å². The number of benzene rings is 1. The molecular weight excluding hydrogens is 228 g/mol. The summed E-state index contributed by atoms with van der Waals surface area (Å²) in [6.07, 6.45) is 3.50. The largest absolute Gasteiger partial charge is 0.497 e. The number of rotatable bonds is 3. The maximum absolute atomic E-state index is 11.0. The summed E-state index contributed by atoms with van der Waals surface area (Å²) in [6, 6.07) is 7.92. The minimum absolute atomic E-state index is 0.185. The summed E-state index contributed by atoms with van der Waals surface area (Å²) in [5.74, 6) is 0.0933. The summed E-state index contributed by atoms with van der Waals surface area (Å²) >= 11 is 0. The minimum Gasteiger partial charge on any atom is -0.497 e. The van der Waals surface area contributed by atoms with Crippen LogP contribution in [0.1, 0.15) is 25.3 Å². The average Bonchev–Trinajstić information content (AvgIpc) is 2.38. The highest BCUT2D eigenvalue weighted by Gasteiger charge is 2.28. The Morgan fingerprint density at radius 2 is 2.00 bits per heavy atom. The van der Waals surface area contributed by atoms with Gasteiger partial charge in [-0.25, -0.2) is 0 Å². The summed E-state index contributed by atoms with van der Waals surface area (Å²) in [5, 5.41) is 9.09. The molecule has 1 N–H and O–H groups in total. The van der Waals surface area contributed by atoms with Crippen molar-refractivity contribution >= 4 is 11.5 Å². The van der Waals surface area contributed by atoms with E-state index in [1.54, 1.807) is 7.11 Å². The Bertz CT molecular complexity index is 459. The van der Waals surface area contributed by atoms with Crippen molar-refractivity contribution in [1.29, 1.82) is 0 Å². The SMILES string of the molecule is COc1ccc(C2=CC[C@@H](C(=O)O)[C@@H](C)C2)cc1. The van der Waals surface area contributed by atoms with Gasteiger partial charge in [0.05, 0.1) is 13.0 Å². The Hall–Kier alpha value is -1.77. The molecule has 2 rings (SSSR count). The third kappa shape index (κ3) is 2.55. The van der Waals surface area contributed by atoms with Crippen LogP contribution in [-0.4, -0.2) is 18.2 Å². The summed E-state index contributed by atoms with van der Waals surface area (Å²) in [6.45, 7) is 2.01. The molecule has 1 aliphatic rings. The predicted octanol–water partition coefficient (Wildman–Crippen LogP) is 3.21. The lowest BCUT2D eigenvalue weighted by molar-refractivity contribution is -0.143. The number of allylic oxidation sites excluding steroid dienone is 2. The van der Waals surface area contributed by atoms with Crippen LogP contribution in [0.5, 0.6) is 5.75 Å². The molecule has 0 bridgehead atoms. The molecule has 0 heterocycles. The lowest BCUT2D eigenvalue weighted by atomic mass is 9.79. The number of methoxy groups -OCH3 is 1. The third-order valence-corrected chi connectivity index (χ3v) is 3.62. The molecule has 0 saturated carbocycles. The zero-order chi connectivity index (χ0) is 13.1. The fraction of sp³-hybridized carbons (Fsp3) is 0.400. The minimum atomic E-state index is -0.687. The highest BCUT2D eigenvalue weighted by molar-refractivity contribution is 5.74. The molecule has 0 aromatic heterocycles. The Labute approximate surface area is 107 Å². The van der Waals surface area contributed by atoms with Gasteiger partial charge in [-0.3, -0.25) is 4.79 Å². The van der Waals surface area contributed by atoms with Gasteiger partial charge in [-0.2, -0.15) is 0 Å². The molecular formula is C15H18O3. The van der Waals surface area contributed by atoms with Gasteiger partial charge in [0.25, 0.3) is 0 Å². The average molecular weight is 246 g/mol. The van der Waals surface area contributed by atoms with Crippen molar-refractivity contribution in [1.82, 2.24) is 0 Å². The second-order valence-electron chi connectivity index (χ2n) is 4.82. The maximum Gasteiger partial charge on any atom is 0.307 e. The fourth-order valence-corrected chi connectivity index (χ4v) is 2.46. The monoisotopic (exact) mass is 246 g/mol. The van der Waals surface area contributed by atoms with Gasteiger partial charge in [0.2, 0.25) is 0 Å². The summed E-state index contributed by atoms with van der Waals surface area (Å²) < 4.78 is 5.13. The van der Waals surface area contributed by atoms with Crippen LogP contribution in [0.15, 0.2) is 30.3 Å². The molecule has 0 saturated heterocycles. The Morgan fingerprint density at radius 1 is 1.33 bits per heavy atom. The molecule has 0 aliphatic heterocycles. The van der Waals surface area contributed by atoms with Crippen LogP contribution in [0, 0.1) is 11.8 Å². The summed E-state index contributed by atoms with van der Waals surface area (Å²) in [4.78, 5) is 11.0. The Kier molecular flexibility index (Phi) is 3.70. The van der Waals surface area contributed by atoms with Crippen LogP contribution >= 0.6 is 0 Å². The van der Waals surface area contributed by atoms with E-state index in [4.69, 9.17) is 9.84 Å². The number of ether oxygens (including phenoxy) is 1. The van der Waals surface area contributed by atoms with Crippen LogP contribution < -0.4 is 4.74 Å². The van der Waals surface area contributed by atoms with Gasteiger partial charge in [-0.15, -0.1) is 0 Å². The number of carbonyl (C=O) groups is 1. The van der Waals surface area contributed by atoms with E-state index < -0.39 is 5.97 Å². The maximum atomic E-state index is 11.0. The van der Waals surface area contributed by atoms with Gasteiger partial charge in [-0.1, -0.05) is 25.1 Å². The molecule has 0 radical (unpaired) electrons. The first-order valence-corrected chi connectivity index (χ1v) is 6.18. The second-order valence-corrected chi connectivity index (χ2v) is 4.82. The van der Waals surface area contributed by atoms with Gasteiger partial charge in [0.15, 0.2) is 0 Å². The molecule has 2 atom stereocenters. The van der Waals surface area contributed by atoms with Gasteiger partial charge < -0.3 is 9.84 Å². The van der Waals surface area contributed by atoms with Crippen molar-refractivity contribution in [2.75, 3.05) is 7.11 Å². The third-order valence-electron chi connectivity index (χ3n) is 3.62. The lowest BCUT2D eigenvalue weighted by Gasteiger charge is -2.25. The van der Waals surface area contributed by atoms with E-state index in [0.717, 1.165) is 17.7 Å². The molecule has 0 unspecified atom stereocenters. The second kappa shape index (κ2) is 5.25. The van der Waals surface area contributed by atoms with E-state index in [1.165, 1.54) is 5.57 Å². The van der Waals surface area contributed by atoms with Crippen molar-refractivity contribution in [2.45, 2.75) is 19.8 Å². The summed E-state index contributed by atoms with van der Waals surface area (Å²) in [5.41, 5.74) is 2.40. The van der Waals surface area contributed by atoms with Gasteiger partial charge in [0.1, 0.15) is 5.75 Å². The molecule has 0 spiro atoms. The normalized spacial score (nSPS) is 23.3. The van der Waals surface area contributed by atoms with Crippen molar-refractivity contribution in [2.24, 2.45) is 11.8 Å². The topological polar surface area (TPSA) is 46.5 Å². The molecule has 0 fully saturated rings. The van der Waals surface area contributed by atoms with Crippen molar-refractivity contribution in [3.8, 4) is 5.75 Å². The molecule has 18 heavy (non-hydrogen) atoms. The molecule has 1 aromatic carbocycles. The van der Waals surface area contributed by atoms with Crippen LogP contribution in [0.25, 0.3) is 5.57 Å². The molecule has 1 aliphatic carbocycles. The fourth-order valence-electron chi connectivity index (χ4n) is 2.46. The molecule has 96 valence electrons. The van der Waals surface area contributed by atoms with Crippen molar-refractivity contribution < 1.29 is 14.6 Å². The molecule has 1 aromatic rings. The number of hydrogen-bond donors (Lipinski definition) is 1.